The quantitative estimate of drug-likeness (QED) is 0.631. The Morgan fingerprint density at radius 2 is 2.04 bits per heavy atom. The van der Waals surface area contributed by atoms with E-state index in [1.807, 2.05) is 30.7 Å². The lowest BCUT2D eigenvalue weighted by molar-refractivity contribution is 0.0430. The summed E-state index contributed by atoms with van der Waals surface area (Å²) in [4.78, 5) is 16.2. The highest BCUT2D eigenvalue weighted by Crippen LogP contribution is 2.19. The molecule has 0 bridgehead atoms. The van der Waals surface area contributed by atoms with E-state index < -0.39 is 5.97 Å². The van der Waals surface area contributed by atoms with Crippen LogP contribution in [0.15, 0.2) is 45.6 Å². The second kappa shape index (κ2) is 7.27. The van der Waals surface area contributed by atoms with E-state index in [1.54, 1.807) is 35.6 Å². The van der Waals surface area contributed by atoms with Gasteiger partial charge in [-0.2, -0.15) is 16.3 Å². The first-order valence-corrected chi connectivity index (χ1v) is 8.35. The molecule has 0 aliphatic heterocycles. The Kier molecular flexibility index (Phi) is 4.90. The van der Waals surface area contributed by atoms with Crippen LogP contribution in [-0.2, 0) is 11.3 Å². The molecule has 1 aromatic carbocycles. The maximum absolute atomic E-state index is 12.0. The van der Waals surface area contributed by atoms with Crippen molar-refractivity contribution in [3.8, 4) is 17.1 Å². The van der Waals surface area contributed by atoms with Crippen LogP contribution < -0.4 is 4.74 Å². The molecule has 0 aliphatic rings. The standard InChI is InChI=1S/C17H16N2O4S/c1-11(2)22-14-5-3-12(4-6-14)17(20)21-9-15-18-16(19-23-15)13-7-8-24-10-13/h3-8,10-11H,9H2,1-2H3. The minimum atomic E-state index is -0.457. The molecular formula is C17H16N2O4S. The van der Waals surface area contributed by atoms with Gasteiger partial charge in [0.15, 0.2) is 6.61 Å². The van der Waals surface area contributed by atoms with Crippen molar-refractivity contribution in [3.05, 3.63) is 52.5 Å². The predicted molar refractivity (Wildman–Crippen MR) is 88.9 cm³/mol. The molecule has 2 heterocycles. The van der Waals surface area contributed by atoms with Crippen molar-refractivity contribution in [3.63, 3.8) is 0 Å². The molecule has 0 fully saturated rings. The molecule has 0 aliphatic carbocycles. The number of hydrogen-bond acceptors (Lipinski definition) is 7. The van der Waals surface area contributed by atoms with E-state index in [1.165, 1.54) is 0 Å². The molecule has 0 N–H and O–H groups in total. The Morgan fingerprint density at radius 3 is 2.71 bits per heavy atom. The van der Waals surface area contributed by atoms with E-state index in [-0.39, 0.29) is 18.6 Å². The van der Waals surface area contributed by atoms with E-state index in [0.717, 1.165) is 5.56 Å². The molecule has 6 nitrogen and oxygen atoms in total. The highest BCUT2D eigenvalue weighted by atomic mass is 32.1. The number of thiophene rings is 1. The van der Waals surface area contributed by atoms with E-state index in [0.29, 0.717) is 17.1 Å². The third-order valence-corrected chi connectivity index (χ3v) is 3.72. The third-order valence-electron chi connectivity index (χ3n) is 3.04. The van der Waals surface area contributed by atoms with Gasteiger partial charge < -0.3 is 14.0 Å². The number of rotatable bonds is 6. The number of benzene rings is 1. The second-order valence-electron chi connectivity index (χ2n) is 5.29. The Balaban J connectivity index is 1.57. The molecule has 0 amide bonds. The van der Waals surface area contributed by atoms with Gasteiger partial charge >= 0.3 is 5.97 Å². The van der Waals surface area contributed by atoms with Crippen molar-refractivity contribution in [1.82, 2.24) is 10.1 Å². The lowest BCUT2D eigenvalue weighted by Gasteiger charge is -2.09. The Morgan fingerprint density at radius 1 is 1.25 bits per heavy atom. The van der Waals surface area contributed by atoms with Crippen LogP contribution in [0, 0.1) is 0 Å². The Labute approximate surface area is 143 Å². The van der Waals surface area contributed by atoms with Crippen molar-refractivity contribution in [2.45, 2.75) is 26.6 Å². The van der Waals surface area contributed by atoms with E-state index in [9.17, 15) is 4.79 Å². The fourth-order valence-corrected chi connectivity index (χ4v) is 2.61. The normalized spacial score (nSPS) is 10.8. The summed E-state index contributed by atoms with van der Waals surface area (Å²) < 4.78 is 15.8. The molecule has 0 atom stereocenters. The maximum atomic E-state index is 12.0. The summed E-state index contributed by atoms with van der Waals surface area (Å²) in [7, 11) is 0. The van der Waals surface area contributed by atoms with Crippen LogP contribution in [-0.4, -0.2) is 22.2 Å². The van der Waals surface area contributed by atoms with E-state index >= 15 is 0 Å². The van der Waals surface area contributed by atoms with Gasteiger partial charge in [0.25, 0.3) is 5.89 Å². The number of ether oxygens (including phenoxy) is 2. The molecule has 124 valence electrons. The minimum Gasteiger partial charge on any atom is -0.491 e. The smallest absolute Gasteiger partial charge is 0.338 e. The number of esters is 1. The van der Waals surface area contributed by atoms with Crippen molar-refractivity contribution < 1.29 is 18.8 Å². The van der Waals surface area contributed by atoms with Crippen molar-refractivity contribution in [2.75, 3.05) is 0 Å². The zero-order chi connectivity index (χ0) is 16.9. The molecule has 7 heteroatoms. The average molecular weight is 344 g/mol. The Bertz CT molecular complexity index is 794. The molecule has 3 aromatic rings. The molecular weight excluding hydrogens is 328 g/mol. The highest BCUT2D eigenvalue weighted by Gasteiger charge is 2.13. The summed E-state index contributed by atoms with van der Waals surface area (Å²) in [5.41, 5.74) is 1.31. The van der Waals surface area contributed by atoms with Gasteiger partial charge in [0.1, 0.15) is 5.75 Å². The van der Waals surface area contributed by atoms with Gasteiger partial charge in [-0.1, -0.05) is 5.16 Å². The number of hydrogen-bond donors (Lipinski definition) is 0. The number of carbonyl (C=O) groups is 1. The molecule has 0 saturated carbocycles. The zero-order valence-corrected chi connectivity index (χ0v) is 14.1. The van der Waals surface area contributed by atoms with Crippen LogP contribution in [0.3, 0.4) is 0 Å². The van der Waals surface area contributed by atoms with Crippen molar-refractivity contribution in [2.24, 2.45) is 0 Å². The van der Waals surface area contributed by atoms with Crippen LogP contribution in [0.1, 0.15) is 30.1 Å². The summed E-state index contributed by atoms with van der Waals surface area (Å²) in [6.07, 6.45) is 0.0813. The predicted octanol–water partition coefficient (Wildman–Crippen LogP) is 3.94. The number of aromatic nitrogens is 2. The summed E-state index contributed by atoms with van der Waals surface area (Å²) in [6.45, 7) is 3.81. The summed E-state index contributed by atoms with van der Waals surface area (Å²) in [5, 5.41) is 7.71. The largest absolute Gasteiger partial charge is 0.491 e. The summed E-state index contributed by atoms with van der Waals surface area (Å²) >= 11 is 1.55. The van der Waals surface area contributed by atoms with Crippen molar-refractivity contribution >= 4 is 17.3 Å². The second-order valence-corrected chi connectivity index (χ2v) is 6.07. The van der Waals surface area contributed by atoms with Gasteiger partial charge in [-0.15, -0.1) is 0 Å². The number of carbonyl (C=O) groups excluding carboxylic acids is 1. The topological polar surface area (TPSA) is 74.5 Å². The van der Waals surface area contributed by atoms with E-state index in [2.05, 4.69) is 10.1 Å². The fourth-order valence-electron chi connectivity index (χ4n) is 1.97. The monoisotopic (exact) mass is 344 g/mol. The molecule has 0 spiro atoms. The van der Waals surface area contributed by atoms with Gasteiger partial charge in [0.2, 0.25) is 5.82 Å². The van der Waals surface area contributed by atoms with Gasteiger partial charge in [0, 0.05) is 10.9 Å². The Hall–Kier alpha value is -2.67. The number of nitrogens with zero attached hydrogens (tertiary/aromatic N) is 2. The molecule has 24 heavy (non-hydrogen) atoms. The van der Waals surface area contributed by atoms with Gasteiger partial charge in [-0.25, -0.2) is 4.79 Å². The third kappa shape index (κ3) is 3.99. The lowest BCUT2D eigenvalue weighted by atomic mass is 10.2. The molecule has 0 unspecified atom stereocenters. The van der Waals surface area contributed by atoms with Crippen LogP contribution in [0.5, 0.6) is 5.75 Å². The van der Waals surface area contributed by atoms with Crippen LogP contribution >= 0.6 is 11.3 Å². The van der Waals surface area contributed by atoms with Crippen LogP contribution in [0.4, 0.5) is 0 Å². The highest BCUT2D eigenvalue weighted by molar-refractivity contribution is 7.08. The van der Waals surface area contributed by atoms with Gasteiger partial charge in [-0.05, 0) is 49.6 Å². The minimum absolute atomic E-state index is 0.0692. The molecule has 0 saturated heterocycles. The first kappa shape index (κ1) is 16.2. The molecule has 2 aromatic heterocycles. The van der Waals surface area contributed by atoms with Crippen molar-refractivity contribution in [1.29, 1.82) is 0 Å². The summed E-state index contributed by atoms with van der Waals surface area (Å²) in [5.74, 6) is 0.988. The fraction of sp³-hybridized carbons (Fsp3) is 0.235. The molecule has 0 radical (unpaired) electrons. The zero-order valence-electron chi connectivity index (χ0n) is 13.3. The van der Waals surface area contributed by atoms with Gasteiger partial charge in [0.05, 0.1) is 11.7 Å². The maximum Gasteiger partial charge on any atom is 0.338 e. The SMILES string of the molecule is CC(C)Oc1ccc(C(=O)OCc2nc(-c3ccsc3)no2)cc1. The first-order valence-electron chi connectivity index (χ1n) is 7.41. The average Bonchev–Trinajstić information content (AvgIpc) is 3.24. The van der Waals surface area contributed by atoms with Gasteiger partial charge in [-0.3, -0.25) is 0 Å². The lowest BCUT2D eigenvalue weighted by Crippen LogP contribution is -2.07. The summed E-state index contributed by atoms with van der Waals surface area (Å²) in [6, 6.07) is 8.68. The van der Waals surface area contributed by atoms with Crippen LogP contribution in [0.2, 0.25) is 0 Å². The van der Waals surface area contributed by atoms with Crippen LogP contribution in [0.25, 0.3) is 11.4 Å². The molecule has 3 rings (SSSR count). The van der Waals surface area contributed by atoms with E-state index in [4.69, 9.17) is 14.0 Å². The first-order chi connectivity index (χ1) is 11.6.